The number of hydrogen-bond donors (Lipinski definition) is 0. The van der Waals surface area contributed by atoms with Crippen LogP contribution in [0.3, 0.4) is 0 Å². The van der Waals surface area contributed by atoms with Gasteiger partial charge in [-0.25, -0.2) is 18.4 Å². The summed E-state index contributed by atoms with van der Waals surface area (Å²) in [5.41, 5.74) is 0.818. The molecule has 0 bridgehead atoms. The summed E-state index contributed by atoms with van der Waals surface area (Å²) in [7, 11) is 0. The maximum absolute atomic E-state index is 14.3. The minimum atomic E-state index is -1.05. The molecule has 1 aliphatic carbocycles. The number of piperazine rings is 1. The van der Waals surface area contributed by atoms with Crippen LogP contribution in [0.1, 0.15) is 37.7 Å². The van der Waals surface area contributed by atoms with Gasteiger partial charge in [-0.3, -0.25) is 9.69 Å². The van der Waals surface area contributed by atoms with Crippen molar-refractivity contribution >= 4 is 23.8 Å². The van der Waals surface area contributed by atoms with Crippen LogP contribution in [-0.2, 0) is 4.79 Å². The van der Waals surface area contributed by atoms with Crippen LogP contribution >= 0.6 is 0 Å². The second-order valence-corrected chi connectivity index (χ2v) is 9.70. The topological polar surface area (TPSA) is 96.6 Å². The van der Waals surface area contributed by atoms with Crippen LogP contribution in [0.15, 0.2) is 41.2 Å². The third-order valence-corrected chi connectivity index (χ3v) is 7.32. The second kappa shape index (κ2) is 10.7. The van der Waals surface area contributed by atoms with Gasteiger partial charge in [0.2, 0.25) is 6.41 Å². The van der Waals surface area contributed by atoms with Gasteiger partial charge in [0.05, 0.1) is 0 Å². The Balaban J connectivity index is 1.49. The third-order valence-electron chi connectivity index (χ3n) is 7.32. The van der Waals surface area contributed by atoms with Crippen molar-refractivity contribution in [3.8, 4) is 5.69 Å². The minimum absolute atomic E-state index is 0.167. The number of aromatic nitrogens is 4. The highest BCUT2D eigenvalue weighted by Crippen LogP contribution is 2.32. The van der Waals surface area contributed by atoms with Crippen LogP contribution in [0.4, 0.5) is 25.0 Å². The van der Waals surface area contributed by atoms with Crippen molar-refractivity contribution in [2.75, 3.05) is 36.0 Å². The number of halogens is 2. The first-order valence-electron chi connectivity index (χ1n) is 12.8. The highest BCUT2D eigenvalue weighted by atomic mass is 19.1. The number of carbonyl (C=O) groups excluding carboxylic acids is 2. The van der Waals surface area contributed by atoms with Gasteiger partial charge in [0.15, 0.2) is 11.6 Å². The molecule has 2 aliphatic rings. The molecule has 0 radical (unpaired) electrons. The number of hydrogen-bond acceptors (Lipinski definition) is 6. The standard InChI is InChI=1S/C26H29F2N7O3/c1-18-16-20(10-11-23(18)32-14-12-31(17-36)13-15-32)33(19-6-3-2-4-7-19)25(37)35-26(38)34(29-30-35)24-21(27)8-5-9-22(24)28/h5,8-11,16-17,19H,2-4,6-7,12-15H2,1H3. The van der Waals surface area contributed by atoms with Crippen LogP contribution < -0.4 is 15.5 Å². The van der Waals surface area contributed by atoms with Crippen LogP contribution in [-0.4, -0.2) is 69.4 Å². The lowest BCUT2D eigenvalue weighted by atomic mass is 9.93. The zero-order valence-electron chi connectivity index (χ0n) is 21.1. The second-order valence-electron chi connectivity index (χ2n) is 9.70. The molecular formula is C26H29F2N7O3. The van der Waals surface area contributed by atoms with E-state index in [0.29, 0.717) is 41.2 Å². The molecule has 10 nitrogen and oxygen atoms in total. The van der Waals surface area contributed by atoms with Crippen LogP contribution in [0.2, 0.25) is 0 Å². The van der Waals surface area contributed by atoms with Gasteiger partial charge in [-0.2, -0.15) is 4.68 Å². The van der Waals surface area contributed by atoms with Gasteiger partial charge in [0, 0.05) is 43.6 Å². The largest absolute Gasteiger partial charge is 0.377 e. The molecular weight excluding hydrogens is 496 g/mol. The summed E-state index contributed by atoms with van der Waals surface area (Å²) < 4.78 is 29.7. The highest BCUT2D eigenvalue weighted by Gasteiger charge is 2.32. The van der Waals surface area contributed by atoms with Crippen molar-refractivity contribution in [2.24, 2.45) is 0 Å². The number of tetrazole rings is 1. The quantitative estimate of drug-likeness (QED) is 0.375. The van der Waals surface area contributed by atoms with Gasteiger partial charge in [0.1, 0.15) is 5.69 Å². The molecule has 2 amide bonds. The number of benzene rings is 2. The van der Waals surface area contributed by atoms with Crippen molar-refractivity contribution in [2.45, 2.75) is 45.1 Å². The highest BCUT2D eigenvalue weighted by molar-refractivity contribution is 5.94. The van der Waals surface area contributed by atoms with Crippen molar-refractivity contribution in [3.05, 3.63) is 64.1 Å². The zero-order chi connectivity index (χ0) is 26.8. The van der Waals surface area contributed by atoms with E-state index in [0.717, 1.165) is 61.9 Å². The molecule has 5 rings (SSSR count). The number of rotatable bonds is 5. The number of anilines is 2. The van der Waals surface area contributed by atoms with Gasteiger partial charge >= 0.3 is 11.7 Å². The molecule has 0 unspecified atom stereocenters. The first kappa shape index (κ1) is 25.6. The molecule has 2 aromatic carbocycles. The number of nitrogens with zero attached hydrogens (tertiary/aromatic N) is 7. The van der Waals surface area contributed by atoms with Gasteiger partial charge in [0.25, 0.3) is 0 Å². The van der Waals surface area contributed by atoms with E-state index in [1.807, 2.05) is 25.1 Å². The summed E-state index contributed by atoms with van der Waals surface area (Å²) in [5, 5.41) is 7.31. The molecule has 0 atom stereocenters. The van der Waals surface area contributed by atoms with E-state index in [2.05, 4.69) is 15.3 Å². The first-order valence-corrected chi connectivity index (χ1v) is 12.8. The van der Waals surface area contributed by atoms with Crippen LogP contribution in [0.5, 0.6) is 0 Å². The molecule has 2 fully saturated rings. The van der Waals surface area contributed by atoms with E-state index in [1.54, 1.807) is 9.80 Å². The van der Waals surface area contributed by atoms with Crippen LogP contribution in [0, 0.1) is 18.6 Å². The molecule has 3 aromatic rings. The Hall–Kier alpha value is -4.09. The SMILES string of the molecule is Cc1cc(N(C(=O)n2nnn(-c3c(F)cccc3F)c2=O)C2CCCCC2)ccc1N1CCN(C=O)CC1. The molecule has 1 aliphatic heterocycles. The van der Waals surface area contributed by atoms with E-state index in [-0.39, 0.29) is 6.04 Å². The van der Waals surface area contributed by atoms with Gasteiger partial charge < -0.3 is 9.80 Å². The number of para-hydroxylation sites is 1. The zero-order valence-corrected chi connectivity index (χ0v) is 21.1. The fraction of sp³-hybridized carbons (Fsp3) is 0.423. The maximum Gasteiger partial charge on any atom is 0.377 e. The fourth-order valence-corrected chi connectivity index (χ4v) is 5.33. The average Bonchev–Trinajstić information content (AvgIpc) is 3.30. The number of aryl methyl sites for hydroxylation is 1. The van der Waals surface area contributed by atoms with Crippen molar-refractivity contribution in [1.29, 1.82) is 0 Å². The van der Waals surface area contributed by atoms with Gasteiger partial charge in [-0.15, -0.1) is 4.68 Å². The summed E-state index contributed by atoms with van der Waals surface area (Å²) in [6.45, 7) is 4.64. The molecule has 2 heterocycles. The average molecular weight is 526 g/mol. The Kier molecular flexibility index (Phi) is 7.21. The molecule has 0 spiro atoms. The van der Waals surface area contributed by atoms with Crippen molar-refractivity contribution in [3.63, 3.8) is 0 Å². The van der Waals surface area contributed by atoms with E-state index in [4.69, 9.17) is 0 Å². The molecule has 38 heavy (non-hydrogen) atoms. The molecule has 200 valence electrons. The Bertz CT molecular complexity index is 1370. The predicted octanol–water partition coefficient (Wildman–Crippen LogP) is 3.10. The predicted molar refractivity (Wildman–Crippen MR) is 137 cm³/mol. The lowest BCUT2D eigenvalue weighted by Crippen LogP contribution is -2.47. The van der Waals surface area contributed by atoms with Crippen molar-refractivity contribution in [1.82, 2.24) is 24.7 Å². The lowest BCUT2D eigenvalue weighted by Gasteiger charge is -2.36. The van der Waals surface area contributed by atoms with E-state index in [9.17, 15) is 23.2 Å². The Morgan fingerprint density at radius 3 is 2.32 bits per heavy atom. The molecule has 12 heteroatoms. The molecule has 0 N–H and O–H groups in total. The van der Waals surface area contributed by atoms with Gasteiger partial charge in [-0.05, 0) is 66.1 Å². The Morgan fingerprint density at radius 2 is 1.68 bits per heavy atom. The third kappa shape index (κ3) is 4.77. The summed E-state index contributed by atoms with van der Waals surface area (Å²) in [6.07, 6.45) is 5.31. The summed E-state index contributed by atoms with van der Waals surface area (Å²) >= 11 is 0. The monoisotopic (exact) mass is 525 g/mol. The van der Waals surface area contributed by atoms with Crippen LogP contribution in [0.25, 0.3) is 5.69 Å². The maximum atomic E-state index is 14.3. The molecule has 1 aromatic heterocycles. The summed E-state index contributed by atoms with van der Waals surface area (Å²) in [6, 6.07) is 7.97. The van der Waals surface area contributed by atoms with Gasteiger partial charge in [-0.1, -0.05) is 25.3 Å². The normalized spacial score (nSPS) is 16.5. The minimum Gasteiger partial charge on any atom is -0.368 e. The fourth-order valence-electron chi connectivity index (χ4n) is 5.33. The van der Waals surface area contributed by atoms with E-state index >= 15 is 0 Å². The summed E-state index contributed by atoms with van der Waals surface area (Å²) in [4.78, 5) is 43.4. The Morgan fingerprint density at radius 1 is 1.00 bits per heavy atom. The van der Waals surface area contributed by atoms with E-state index in [1.165, 1.54) is 6.07 Å². The lowest BCUT2D eigenvalue weighted by molar-refractivity contribution is -0.118. The molecule has 1 saturated heterocycles. The molecule has 1 saturated carbocycles. The smallest absolute Gasteiger partial charge is 0.368 e. The number of carbonyl (C=O) groups is 2. The summed E-state index contributed by atoms with van der Waals surface area (Å²) in [5.74, 6) is -1.98. The van der Waals surface area contributed by atoms with Crippen molar-refractivity contribution < 1.29 is 18.4 Å². The first-order chi connectivity index (χ1) is 18.4. The van der Waals surface area contributed by atoms with E-state index < -0.39 is 29.0 Å². The Labute approximate surface area is 218 Å². The number of amides is 2.